The van der Waals surface area contributed by atoms with Crippen molar-refractivity contribution in [2.75, 3.05) is 0 Å². The van der Waals surface area contributed by atoms with Crippen molar-refractivity contribution in [1.29, 1.82) is 5.26 Å². The van der Waals surface area contributed by atoms with E-state index in [-0.39, 0.29) is 5.41 Å². The summed E-state index contributed by atoms with van der Waals surface area (Å²) in [6.07, 6.45) is 0. The van der Waals surface area contributed by atoms with Crippen LogP contribution in [0.15, 0.2) is 24.3 Å². The van der Waals surface area contributed by atoms with Crippen LogP contribution in [0.1, 0.15) is 37.7 Å². The number of aromatic nitrogens is 3. The summed E-state index contributed by atoms with van der Waals surface area (Å²) in [5.41, 5.74) is 3.43. The highest BCUT2D eigenvalue weighted by atomic mass is 32.1. The molecule has 0 saturated heterocycles. The third-order valence-electron chi connectivity index (χ3n) is 3.28. The number of benzene rings is 1. The number of nitrogens with zero attached hydrogens (tertiary/aromatic N) is 4. The van der Waals surface area contributed by atoms with Gasteiger partial charge >= 0.3 is 0 Å². The normalized spacial score (nSPS) is 11.8. The number of hydrogen-bond acceptors (Lipinski definition) is 4. The van der Waals surface area contributed by atoms with E-state index in [1.807, 2.05) is 12.1 Å². The monoisotopic (exact) mass is 296 g/mol. The van der Waals surface area contributed by atoms with E-state index in [0.29, 0.717) is 5.69 Å². The van der Waals surface area contributed by atoms with E-state index in [4.69, 9.17) is 0 Å². The average Bonchev–Trinajstić information content (AvgIpc) is 2.94. The Balaban J connectivity index is 2.19. The van der Waals surface area contributed by atoms with E-state index in [9.17, 15) is 5.26 Å². The molecule has 0 atom stereocenters. The Morgan fingerprint density at radius 2 is 2.05 bits per heavy atom. The van der Waals surface area contributed by atoms with Crippen LogP contribution >= 0.6 is 11.3 Å². The van der Waals surface area contributed by atoms with Gasteiger partial charge in [0.25, 0.3) is 0 Å². The molecule has 2 aromatic heterocycles. The van der Waals surface area contributed by atoms with Crippen LogP contribution in [0.4, 0.5) is 0 Å². The van der Waals surface area contributed by atoms with Crippen molar-refractivity contribution in [1.82, 2.24) is 14.6 Å². The highest BCUT2D eigenvalue weighted by Crippen LogP contribution is 2.31. The molecular formula is C16H16N4S. The molecule has 0 unspecified atom stereocenters. The minimum absolute atomic E-state index is 0.165. The third kappa shape index (κ3) is 2.32. The van der Waals surface area contributed by atoms with Crippen LogP contribution in [-0.2, 0) is 5.41 Å². The molecule has 0 aliphatic heterocycles. The highest BCUT2D eigenvalue weighted by molar-refractivity contribution is 7.19. The van der Waals surface area contributed by atoms with Crippen LogP contribution in [-0.4, -0.2) is 14.6 Å². The quantitative estimate of drug-likeness (QED) is 0.683. The molecule has 0 amide bonds. The van der Waals surface area contributed by atoms with Gasteiger partial charge in [-0.05, 0) is 13.0 Å². The molecule has 0 saturated carbocycles. The second kappa shape index (κ2) is 4.68. The van der Waals surface area contributed by atoms with Gasteiger partial charge < -0.3 is 0 Å². The lowest BCUT2D eigenvalue weighted by atomic mass is 9.91. The summed E-state index contributed by atoms with van der Waals surface area (Å²) >= 11 is 1.52. The van der Waals surface area contributed by atoms with Crippen LogP contribution in [0, 0.1) is 18.3 Å². The molecule has 106 valence electrons. The van der Waals surface area contributed by atoms with Crippen molar-refractivity contribution in [3.8, 4) is 16.6 Å². The molecule has 0 N–H and O–H groups in total. The van der Waals surface area contributed by atoms with Gasteiger partial charge in [0, 0.05) is 11.0 Å². The molecule has 0 spiro atoms. The standard InChI is InChI=1S/C16H16N4S/c1-10-6-5-7-11(8-10)14-19-20-12(9-17)13(16(2,3)4)18-15(20)21-14/h5-8H,1-4H3. The Kier molecular flexibility index (Phi) is 3.07. The fraction of sp³-hybridized carbons (Fsp3) is 0.312. The van der Waals surface area contributed by atoms with E-state index in [2.05, 4.69) is 56.0 Å². The zero-order valence-electron chi connectivity index (χ0n) is 12.5. The first-order chi connectivity index (χ1) is 9.90. The predicted octanol–water partition coefficient (Wildman–Crippen LogP) is 3.94. The van der Waals surface area contributed by atoms with Crippen molar-refractivity contribution in [3.05, 3.63) is 41.2 Å². The van der Waals surface area contributed by atoms with Gasteiger partial charge in [-0.2, -0.15) is 14.9 Å². The molecule has 1 aromatic carbocycles. The minimum atomic E-state index is -0.165. The van der Waals surface area contributed by atoms with Gasteiger partial charge in [0.1, 0.15) is 11.1 Å². The second-order valence-corrected chi connectivity index (χ2v) is 7.10. The lowest BCUT2D eigenvalue weighted by molar-refractivity contribution is 0.570. The maximum Gasteiger partial charge on any atom is 0.214 e. The average molecular weight is 296 g/mol. The largest absolute Gasteiger partial charge is 0.221 e. The minimum Gasteiger partial charge on any atom is -0.221 e. The molecule has 0 bridgehead atoms. The molecule has 4 nitrogen and oxygen atoms in total. The Hall–Kier alpha value is -2.19. The van der Waals surface area contributed by atoms with Crippen LogP contribution in [0.2, 0.25) is 0 Å². The van der Waals surface area contributed by atoms with Crippen molar-refractivity contribution < 1.29 is 0 Å². The van der Waals surface area contributed by atoms with Gasteiger partial charge in [-0.3, -0.25) is 0 Å². The first-order valence-corrected chi connectivity index (χ1v) is 7.59. The van der Waals surface area contributed by atoms with Crippen LogP contribution in [0.5, 0.6) is 0 Å². The van der Waals surface area contributed by atoms with Gasteiger partial charge in [-0.15, -0.1) is 0 Å². The van der Waals surface area contributed by atoms with Gasteiger partial charge in [0.2, 0.25) is 4.96 Å². The number of rotatable bonds is 1. The molecule has 5 heteroatoms. The van der Waals surface area contributed by atoms with Crippen LogP contribution < -0.4 is 0 Å². The SMILES string of the molecule is Cc1cccc(-c2nn3c(C#N)c(C(C)(C)C)nc3s2)c1. The first kappa shape index (κ1) is 13.8. The lowest BCUT2D eigenvalue weighted by Crippen LogP contribution is -2.14. The van der Waals surface area contributed by atoms with E-state index in [1.165, 1.54) is 16.9 Å². The number of aryl methyl sites for hydroxylation is 1. The lowest BCUT2D eigenvalue weighted by Gasteiger charge is -2.14. The fourth-order valence-corrected chi connectivity index (χ4v) is 3.16. The molecule has 3 rings (SSSR count). The topological polar surface area (TPSA) is 54.0 Å². The number of hydrogen-bond donors (Lipinski definition) is 0. The summed E-state index contributed by atoms with van der Waals surface area (Å²) in [5, 5.41) is 14.9. The van der Waals surface area contributed by atoms with Crippen LogP contribution in [0.3, 0.4) is 0 Å². The summed E-state index contributed by atoms with van der Waals surface area (Å²) in [5.74, 6) is 0. The van der Waals surface area contributed by atoms with Crippen molar-refractivity contribution in [3.63, 3.8) is 0 Å². The van der Waals surface area contributed by atoms with E-state index in [0.717, 1.165) is 21.2 Å². The Bertz CT molecular complexity index is 859. The molecule has 2 heterocycles. The van der Waals surface area contributed by atoms with E-state index < -0.39 is 0 Å². The molecule has 0 radical (unpaired) electrons. The Morgan fingerprint density at radius 3 is 2.67 bits per heavy atom. The molecule has 21 heavy (non-hydrogen) atoms. The van der Waals surface area contributed by atoms with Gasteiger partial charge in [-0.1, -0.05) is 55.9 Å². The van der Waals surface area contributed by atoms with Crippen molar-refractivity contribution >= 4 is 16.3 Å². The maximum absolute atomic E-state index is 9.45. The van der Waals surface area contributed by atoms with Crippen LogP contribution in [0.25, 0.3) is 15.5 Å². The number of imidazole rings is 1. The van der Waals surface area contributed by atoms with Crippen molar-refractivity contribution in [2.45, 2.75) is 33.1 Å². The van der Waals surface area contributed by atoms with E-state index >= 15 is 0 Å². The number of fused-ring (bicyclic) bond motifs is 1. The Labute approximate surface area is 127 Å². The van der Waals surface area contributed by atoms with Gasteiger partial charge in [-0.25, -0.2) is 4.98 Å². The molecule has 3 aromatic rings. The number of nitriles is 1. The van der Waals surface area contributed by atoms with E-state index in [1.54, 1.807) is 4.52 Å². The predicted molar refractivity (Wildman–Crippen MR) is 84.5 cm³/mol. The maximum atomic E-state index is 9.45. The first-order valence-electron chi connectivity index (χ1n) is 6.77. The summed E-state index contributed by atoms with van der Waals surface area (Å²) < 4.78 is 1.67. The molecular weight excluding hydrogens is 280 g/mol. The zero-order chi connectivity index (χ0) is 15.2. The molecule has 0 aliphatic rings. The fourth-order valence-electron chi connectivity index (χ4n) is 2.27. The molecule has 0 aliphatic carbocycles. The summed E-state index contributed by atoms with van der Waals surface area (Å²) in [6.45, 7) is 8.23. The smallest absolute Gasteiger partial charge is 0.214 e. The second-order valence-electron chi connectivity index (χ2n) is 6.14. The van der Waals surface area contributed by atoms with Crippen molar-refractivity contribution in [2.24, 2.45) is 0 Å². The summed E-state index contributed by atoms with van der Waals surface area (Å²) in [4.78, 5) is 5.39. The highest BCUT2D eigenvalue weighted by Gasteiger charge is 2.26. The molecule has 0 fully saturated rings. The summed E-state index contributed by atoms with van der Waals surface area (Å²) in [6, 6.07) is 10.4. The van der Waals surface area contributed by atoms with Gasteiger partial charge in [0.05, 0.1) is 5.69 Å². The van der Waals surface area contributed by atoms with Gasteiger partial charge in [0.15, 0.2) is 5.69 Å². The third-order valence-corrected chi connectivity index (χ3v) is 4.24. The summed E-state index contributed by atoms with van der Waals surface area (Å²) in [7, 11) is 0. The Morgan fingerprint density at radius 1 is 1.29 bits per heavy atom. The zero-order valence-corrected chi connectivity index (χ0v) is 13.3.